The Morgan fingerprint density at radius 3 is 2.76 bits per heavy atom. The molecule has 3 rings (SSSR count). The van der Waals surface area contributed by atoms with Crippen LogP contribution in [0.15, 0.2) is 50.4 Å². The first-order valence-electron chi connectivity index (χ1n) is 7.87. The minimum absolute atomic E-state index is 0.0251. The van der Waals surface area contributed by atoms with Gasteiger partial charge in [0.1, 0.15) is 5.39 Å². The molecule has 0 saturated carbocycles. The monoisotopic (exact) mass is 336 g/mol. The molecule has 6 heteroatoms. The second-order valence-corrected chi connectivity index (χ2v) is 5.30. The average molecular weight is 336 g/mol. The van der Waals surface area contributed by atoms with Crippen molar-refractivity contribution in [1.82, 2.24) is 9.97 Å². The Bertz CT molecular complexity index is 1060. The third-order valence-corrected chi connectivity index (χ3v) is 3.50. The van der Waals surface area contributed by atoms with Gasteiger partial charge in [0, 0.05) is 12.5 Å². The second kappa shape index (κ2) is 7.49. The third kappa shape index (κ3) is 3.96. The van der Waals surface area contributed by atoms with E-state index in [0.717, 1.165) is 5.56 Å². The number of fused-ring (bicyclic) bond motifs is 1. The number of hydrogen-bond donors (Lipinski definition) is 1. The highest BCUT2D eigenvalue weighted by molar-refractivity contribution is 5.76. The lowest BCUT2D eigenvalue weighted by Crippen LogP contribution is -2.15. The Morgan fingerprint density at radius 1 is 1.20 bits per heavy atom. The Kier molecular flexibility index (Phi) is 4.95. The zero-order chi connectivity index (χ0) is 17.6. The number of aromatic nitrogens is 2. The van der Waals surface area contributed by atoms with Crippen LogP contribution in [-0.4, -0.2) is 16.6 Å². The van der Waals surface area contributed by atoms with Crippen LogP contribution in [0.4, 0.5) is 0 Å². The SMILES string of the molecule is CCC#CCOc1nc2oc(=O)cc(Cc3ccccc3)c2c(=O)[nH]1. The van der Waals surface area contributed by atoms with E-state index in [4.69, 9.17) is 9.15 Å². The Balaban J connectivity index is 2.02. The lowest BCUT2D eigenvalue weighted by molar-refractivity contribution is 0.337. The van der Waals surface area contributed by atoms with E-state index in [1.54, 1.807) is 0 Å². The molecule has 0 unspecified atom stereocenters. The zero-order valence-electron chi connectivity index (χ0n) is 13.7. The van der Waals surface area contributed by atoms with Gasteiger partial charge in [-0.1, -0.05) is 43.2 Å². The first-order chi connectivity index (χ1) is 12.2. The number of nitrogens with zero attached hydrogens (tertiary/aromatic N) is 1. The van der Waals surface area contributed by atoms with Crippen molar-refractivity contribution in [2.45, 2.75) is 19.8 Å². The van der Waals surface area contributed by atoms with Gasteiger partial charge >= 0.3 is 11.6 Å². The van der Waals surface area contributed by atoms with Crippen molar-refractivity contribution in [3.05, 3.63) is 68.3 Å². The highest BCUT2D eigenvalue weighted by Crippen LogP contribution is 2.16. The van der Waals surface area contributed by atoms with Crippen molar-refractivity contribution < 1.29 is 9.15 Å². The maximum absolute atomic E-state index is 12.4. The standard InChI is InChI=1S/C19H16N2O4/c1-2-3-7-10-24-19-20-17(23)16-14(11-13-8-5-4-6-9-13)12-15(22)25-18(16)21-19/h4-6,8-9,12H,2,10-11H2,1H3,(H,20,21,23). The summed E-state index contributed by atoms with van der Waals surface area (Å²) in [6, 6.07) is 10.8. The quantitative estimate of drug-likeness (QED) is 0.739. The van der Waals surface area contributed by atoms with Gasteiger partial charge in [0.05, 0.1) is 0 Å². The molecule has 0 aliphatic heterocycles. The fourth-order valence-electron chi connectivity index (χ4n) is 2.43. The van der Waals surface area contributed by atoms with Crippen molar-refractivity contribution in [2.24, 2.45) is 0 Å². The van der Waals surface area contributed by atoms with Crippen LogP contribution in [-0.2, 0) is 6.42 Å². The summed E-state index contributed by atoms with van der Waals surface area (Å²) in [6.45, 7) is 2.02. The zero-order valence-corrected chi connectivity index (χ0v) is 13.7. The summed E-state index contributed by atoms with van der Waals surface area (Å²) in [6.07, 6.45) is 1.14. The van der Waals surface area contributed by atoms with Crippen LogP contribution in [0.2, 0.25) is 0 Å². The smallest absolute Gasteiger partial charge is 0.337 e. The summed E-state index contributed by atoms with van der Waals surface area (Å²) in [5.74, 6) is 5.63. The summed E-state index contributed by atoms with van der Waals surface area (Å²) in [5, 5.41) is 0.246. The van der Waals surface area contributed by atoms with Gasteiger partial charge in [-0.2, -0.15) is 4.98 Å². The van der Waals surface area contributed by atoms with Gasteiger partial charge in [-0.15, -0.1) is 5.92 Å². The molecular formula is C19H16N2O4. The molecule has 0 aliphatic carbocycles. The molecule has 1 aromatic carbocycles. The van der Waals surface area contributed by atoms with Crippen LogP contribution < -0.4 is 15.9 Å². The Labute approximate surface area is 143 Å². The van der Waals surface area contributed by atoms with Crippen molar-refractivity contribution in [3.63, 3.8) is 0 Å². The highest BCUT2D eigenvalue weighted by Gasteiger charge is 2.13. The molecule has 2 aromatic heterocycles. The average Bonchev–Trinajstić information content (AvgIpc) is 2.59. The molecule has 0 spiro atoms. The van der Waals surface area contributed by atoms with Crippen molar-refractivity contribution >= 4 is 11.1 Å². The lowest BCUT2D eigenvalue weighted by atomic mass is 10.0. The fourth-order valence-corrected chi connectivity index (χ4v) is 2.43. The van der Waals surface area contributed by atoms with Crippen LogP contribution in [0, 0.1) is 11.8 Å². The molecule has 0 saturated heterocycles. The van der Waals surface area contributed by atoms with E-state index in [9.17, 15) is 9.59 Å². The van der Waals surface area contributed by atoms with E-state index in [0.29, 0.717) is 18.4 Å². The van der Waals surface area contributed by atoms with Gasteiger partial charge in [0.15, 0.2) is 6.61 Å². The van der Waals surface area contributed by atoms with E-state index in [1.807, 2.05) is 37.3 Å². The number of H-pyrrole nitrogens is 1. The molecule has 0 amide bonds. The number of benzene rings is 1. The largest absolute Gasteiger partial charge is 0.451 e. The molecule has 0 bridgehead atoms. The first-order valence-corrected chi connectivity index (χ1v) is 7.87. The van der Waals surface area contributed by atoms with Crippen LogP contribution >= 0.6 is 0 Å². The third-order valence-electron chi connectivity index (χ3n) is 3.50. The summed E-state index contributed by atoms with van der Waals surface area (Å²) >= 11 is 0. The summed E-state index contributed by atoms with van der Waals surface area (Å²) in [7, 11) is 0. The molecule has 3 aromatic rings. The molecule has 25 heavy (non-hydrogen) atoms. The van der Waals surface area contributed by atoms with Gasteiger partial charge in [0.2, 0.25) is 5.71 Å². The minimum Gasteiger partial charge on any atom is -0.451 e. The molecule has 1 N–H and O–H groups in total. The summed E-state index contributed by atoms with van der Waals surface area (Å²) in [5.41, 5.74) is 0.513. The van der Waals surface area contributed by atoms with Gasteiger partial charge in [-0.3, -0.25) is 9.78 Å². The van der Waals surface area contributed by atoms with Gasteiger partial charge in [-0.25, -0.2) is 4.79 Å². The Morgan fingerprint density at radius 2 is 2.00 bits per heavy atom. The number of nitrogens with one attached hydrogen (secondary N) is 1. The number of ether oxygens (including phenoxy) is 1. The van der Waals surface area contributed by atoms with Crippen molar-refractivity contribution in [3.8, 4) is 17.9 Å². The molecule has 6 nitrogen and oxygen atoms in total. The fraction of sp³-hybridized carbons (Fsp3) is 0.211. The van der Waals surface area contributed by atoms with E-state index in [-0.39, 0.29) is 23.7 Å². The van der Waals surface area contributed by atoms with Gasteiger partial charge < -0.3 is 9.15 Å². The first kappa shape index (κ1) is 16.5. The van der Waals surface area contributed by atoms with E-state index >= 15 is 0 Å². The molecule has 0 fully saturated rings. The van der Waals surface area contributed by atoms with E-state index < -0.39 is 11.2 Å². The van der Waals surface area contributed by atoms with Crippen LogP contribution in [0.1, 0.15) is 24.5 Å². The van der Waals surface area contributed by atoms with Gasteiger partial charge in [-0.05, 0) is 17.5 Å². The maximum Gasteiger partial charge on any atom is 0.337 e. The van der Waals surface area contributed by atoms with Crippen LogP contribution in [0.5, 0.6) is 6.01 Å². The number of hydrogen-bond acceptors (Lipinski definition) is 5. The van der Waals surface area contributed by atoms with Crippen molar-refractivity contribution in [2.75, 3.05) is 6.61 Å². The normalized spacial score (nSPS) is 10.3. The second-order valence-electron chi connectivity index (χ2n) is 5.30. The minimum atomic E-state index is -0.562. The maximum atomic E-state index is 12.4. The lowest BCUT2D eigenvalue weighted by Gasteiger charge is -2.06. The molecule has 0 radical (unpaired) electrons. The molecule has 0 aliphatic rings. The highest BCUT2D eigenvalue weighted by atomic mass is 16.5. The van der Waals surface area contributed by atoms with E-state index in [1.165, 1.54) is 6.07 Å². The summed E-state index contributed by atoms with van der Waals surface area (Å²) in [4.78, 5) is 30.9. The molecular weight excluding hydrogens is 320 g/mol. The van der Waals surface area contributed by atoms with Crippen molar-refractivity contribution in [1.29, 1.82) is 0 Å². The molecule has 0 atom stereocenters. The number of aromatic amines is 1. The number of rotatable bonds is 4. The topological polar surface area (TPSA) is 85.2 Å². The predicted molar refractivity (Wildman–Crippen MR) is 93.7 cm³/mol. The van der Waals surface area contributed by atoms with Gasteiger partial charge in [0.25, 0.3) is 5.56 Å². The Hall–Kier alpha value is -3.33. The van der Waals surface area contributed by atoms with Crippen LogP contribution in [0.3, 0.4) is 0 Å². The summed E-state index contributed by atoms with van der Waals surface area (Å²) < 4.78 is 10.4. The van der Waals surface area contributed by atoms with E-state index in [2.05, 4.69) is 21.8 Å². The molecule has 2 heterocycles. The molecule has 126 valence electrons. The van der Waals surface area contributed by atoms with Crippen LogP contribution in [0.25, 0.3) is 11.1 Å². The predicted octanol–water partition coefficient (Wildman–Crippen LogP) is 2.26.